The van der Waals surface area contributed by atoms with Crippen molar-refractivity contribution in [3.8, 4) is 5.75 Å². The van der Waals surface area contributed by atoms with Gasteiger partial charge in [0.25, 0.3) is 0 Å². The Morgan fingerprint density at radius 2 is 2.27 bits per heavy atom. The molecule has 2 rings (SSSR count). The molecule has 1 aromatic rings. The topological polar surface area (TPSA) is 27.7 Å². The van der Waals surface area contributed by atoms with Gasteiger partial charge in [-0.25, -0.2) is 0 Å². The monoisotopic (exact) mass is 206 g/mol. The first kappa shape index (κ1) is 10.2. The summed E-state index contributed by atoms with van der Waals surface area (Å²) in [6.45, 7) is 4.58. The van der Waals surface area contributed by atoms with Crippen LogP contribution in [0.2, 0.25) is 0 Å². The van der Waals surface area contributed by atoms with Crippen molar-refractivity contribution in [3.63, 3.8) is 0 Å². The molecule has 3 heteroatoms. The number of ether oxygens (including phenoxy) is 3. The summed E-state index contributed by atoms with van der Waals surface area (Å²) in [5, 5.41) is 0. The van der Waals surface area contributed by atoms with E-state index >= 15 is 0 Å². The van der Waals surface area contributed by atoms with E-state index in [9.17, 15) is 0 Å². The molecule has 0 radical (unpaired) electrons. The van der Waals surface area contributed by atoms with Gasteiger partial charge in [0.05, 0.1) is 13.7 Å². The van der Waals surface area contributed by atoms with Crippen LogP contribution >= 0.6 is 0 Å². The van der Waals surface area contributed by atoms with E-state index in [0.717, 1.165) is 11.3 Å². The number of hydrogen-bond acceptors (Lipinski definition) is 3. The molecule has 1 fully saturated rings. The Bertz CT molecular complexity index is 354. The zero-order chi connectivity index (χ0) is 10.7. The second kappa shape index (κ2) is 4.04. The lowest BCUT2D eigenvalue weighted by Crippen LogP contribution is -2.26. The molecule has 3 nitrogen and oxygen atoms in total. The van der Waals surface area contributed by atoms with Crippen molar-refractivity contribution in [2.24, 2.45) is 0 Å². The van der Waals surface area contributed by atoms with Crippen molar-refractivity contribution in [1.29, 1.82) is 0 Å². The van der Waals surface area contributed by atoms with E-state index in [4.69, 9.17) is 14.2 Å². The summed E-state index contributed by atoms with van der Waals surface area (Å²) in [4.78, 5) is 0. The molecule has 0 amide bonds. The van der Waals surface area contributed by atoms with Crippen LogP contribution < -0.4 is 4.74 Å². The number of hydrogen-bond donors (Lipinski definition) is 0. The normalized spacial score (nSPS) is 25.1. The van der Waals surface area contributed by atoms with Crippen molar-refractivity contribution >= 4 is 0 Å². The highest BCUT2D eigenvalue weighted by molar-refractivity contribution is 5.41. The standard InChI is InChI=1S/C12H14O3/c1-3-12(8-14-9-15-12)10-6-4-5-7-11(10)13-2/h3-7H,1,8-9H2,2H3/t12-/m0/s1. The fourth-order valence-electron chi connectivity index (χ4n) is 1.76. The molecule has 15 heavy (non-hydrogen) atoms. The summed E-state index contributed by atoms with van der Waals surface area (Å²) in [5.41, 5.74) is 0.395. The molecule has 0 aromatic heterocycles. The number of benzene rings is 1. The third-order valence-electron chi connectivity index (χ3n) is 2.61. The van der Waals surface area contributed by atoms with Gasteiger partial charge in [0.1, 0.15) is 18.1 Å². The Balaban J connectivity index is 2.46. The molecule has 1 aliphatic rings. The minimum absolute atomic E-state index is 0.296. The number of methoxy groups -OCH3 is 1. The van der Waals surface area contributed by atoms with Crippen LogP contribution in [0.4, 0.5) is 0 Å². The van der Waals surface area contributed by atoms with Crippen LogP contribution in [0.1, 0.15) is 5.56 Å². The Kier molecular flexibility index (Phi) is 2.75. The smallest absolute Gasteiger partial charge is 0.148 e. The molecule has 0 saturated carbocycles. The van der Waals surface area contributed by atoms with E-state index in [2.05, 4.69) is 6.58 Å². The van der Waals surface area contributed by atoms with E-state index in [-0.39, 0.29) is 0 Å². The molecule has 0 spiro atoms. The molecule has 0 aliphatic carbocycles. The van der Waals surface area contributed by atoms with Crippen molar-refractivity contribution in [3.05, 3.63) is 42.5 Å². The van der Waals surface area contributed by atoms with E-state index in [1.807, 2.05) is 24.3 Å². The third-order valence-corrected chi connectivity index (χ3v) is 2.61. The van der Waals surface area contributed by atoms with Crippen molar-refractivity contribution in [1.82, 2.24) is 0 Å². The van der Waals surface area contributed by atoms with Crippen LogP contribution in [0.15, 0.2) is 36.9 Å². The van der Waals surface area contributed by atoms with Gasteiger partial charge in [0.15, 0.2) is 0 Å². The lowest BCUT2D eigenvalue weighted by atomic mass is 9.94. The summed E-state index contributed by atoms with van der Waals surface area (Å²) < 4.78 is 16.2. The average molecular weight is 206 g/mol. The summed E-state index contributed by atoms with van der Waals surface area (Å²) in [6.07, 6.45) is 1.76. The van der Waals surface area contributed by atoms with Gasteiger partial charge in [-0.1, -0.05) is 30.9 Å². The van der Waals surface area contributed by atoms with Crippen molar-refractivity contribution in [2.45, 2.75) is 5.60 Å². The molecule has 80 valence electrons. The average Bonchev–Trinajstić information content (AvgIpc) is 2.79. The molecule has 1 saturated heterocycles. The Morgan fingerprint density at radius 1 is 1.47 bits per heavy atom. The van der Waals surface area contributed by atoms with Crippen LogP contribution in [0.3, 0.4) is 0 Å². The van der Waals surface area contributed by atoms with E-state index in [0.29, 0.717) is 13.4 Å². The lowest BCUT2D eigenvalue weighted by Gasteiger charge is -2.24. The van der Waals surface area contributed by atoms with E-state index in [1.54, 1.807) is 13.2 Å². The first-order valence-electron chi connectivity index (χ1n) is 4.81. The summed E-state index contributed by atoms with van der Waals surface area (Å²) in [6, 6.07) is 7.75. The van der Waals surface area contributed by atoms with Gasteiger partial charge < -0.3 is 14.2 Å². The van der Waals surface area contributed by atoms with Crippen LogP contribution in [-0.2, 0) is 15.1 Å². The SMILES string of the molecule is C=C[C@@]1(c2ccccc2OC)COCO1. The van der Waals surface area contributed by atoms with Crippen LogP contribution in [0, 0.1) is 0 Å². The zero-order valence-corrected chi connectivity index (χ0v) is 8.73. The third kappa shape index (κ3) is 1.64. The molecular formula is C12H14O3. The first-order chi connectivity index (χ1) is 7.32. The highest BCUT2D eigenvalue weighted by atomic mass is 16.7. The summed E-state index contributed by atoms with van der Waals surface area (Å²) in [5.74, 6) is 0.794. The van der Waals surface area contributed by atoms with Crippen molar-refractivity contribution in [2.75, 3.05) is 20.5 Å². The molecule has 0 bridgehead atoms. The van der Waals surface area contributed by atoms with Gasteiger partial charge in [-0.05, 0) is 6.07 Å². The van der Waals surface area contributed by atoms with Crippen LogP contribution in [-0.4, -0.2) is 20.5 Å². The molecule has 1 heterocycles. The zero-order valence-electron chi connectivity index (χ0n) is 8.73. The van der Waals surface area contributed by atoms with Gasteiger partial charge >= 0.3 is 0 Å². The molecule has 1 aromatic carbocycles. The molecule has 1 atom stereocenters. The molecule has 0 unspecified atom stereocenters. The maximum absolute atomic E-state index is 5.60. The maximum atomic E-state index is 5.60. The predicted octanol–water partition coefficient (Wildman–Crippen LogP) is 2.08. The summed E-state index contributed by atoms with van der Waals surface area (Å²) >= 11 is 0. The molecular weight excluding hydrogens is 192 g/mol. The van der Waals surface area contributed by atoms with Gasteiger partial charge in [-0.3, -0.25) is 0 Å². The predicted molar refractivity (Wildman–Crippen MR) is 56.8 cm³/mol. The van der Waals surface area contributed by atoms with Crippen LogP contribution in [0.25, 0.3) is 0 Å². The second-order valence-corrected chi connectivity index (χ2v) is 3.40. The first-order valence-corrected chi connectivity index (χ1v) is 4.81. The largest absolute Gasteiger partial charge is 0.496 e. The Labute approximate surface area is 89.3 Å². The lowest BCUT2D eigenvalue weighted by molar-refractivity contribution is 0.0144. The van der Waals surface area contributed by atoms with Gasteiger partial charge in [-0.2, -0.15) is 0 Å². The minimum Gasteiger partial charge on any atom is -0.496 e. The fourth-order valence-corrected chi connectivity index (χ4v) is 1.76. The Morgan fingerprint density at radius 3 is 2.87 bits per heavy atom. The number of para-hydroxylation sites is 1. The Hall–Kier alpha value is -1.32. The van der Waals surface area contributed by atoms with Gasteiger partial charge in [0, 0.05) is 5.56 Å². The number of rotatable bonds is 3. The maximum Gasteiger partial charge on any atom is 0.148 e. The van der Waals surface area contributed by atoms with Gasteiger partial charge in [0.2, 0.25) is 0 Å². The van der Waals surface area contributed by atoms with Crippen LogP contribution in [0.5, 0.6) is 5.75 Å². The molecule has 1 aliphatic heterocycles. The quantitative estimate of drug-likeness (QED) is 0.709. The van der Waals surface area contributed by atoms with Gasteiger partial charge in [-0.15, -0.1) is 0 Å². The van der Waals surface area contributed by atoms with Crippen molar-refractivity contribution < 1.29 is 14.2 Å². The van der Waals surface area contributed by atoms with E-state index < -0.39 is 5.60 Å². The van der Waals surface area contributed by atoms with E-state index in [1.165, 1.54) is 0 Å². The summed E-state index contributed by atoms with van der Waals surface area (Å²) in [7, 11) is 1.64. The minimum atomic E-state index is -0.563. The highest BCUT2D eigenvalue weighted by Gasteiger charge is 2.37. The highest BCUT2D eigenvalue weighted by Crippen LogP contribution is 2.37. The second-order valence-electron chi connectivity index (χ2n) is 3.40. The molecule has 0 N–H and O–H groups in total. The fraction of sp³-hybridized carbons (Fsp3) is 0.333.